The van der Waals surface area contributed by atoms with Crippen LogP contribution < -0.4 is 0 Å². The molecule has 0 aliphatic heterocycles. The minimum Gasteiger partial charge on any atom is -0.384 e. The smallest absolute Gasteiger partial charge is 0.170 e. The van der Waals surface area contributed by atoms with Crippen LogP contribution in [0.4, 0.5) is 8.78 Å². The Morgan fingerprint density at radius 2 is 1.93 bits per heavy atom. The molecule has 0 saturated carbocycles. The van der Waals surface area contributed by atoms with Crippen molar-refractivity contribution in [2.75, 3.05) is 0 Å². The first kappa shape index (κ1) is 11.9. The quantitative estimate of drug-likeness (QED) is 0.602. The molecule has 0 heterocycles. The summed E-state index contributed by atoms with van der Waals surface area (Å²) in [6.07, 6.45) is -3.87. The van der Waals surface area contributed by atoms with Crippen molar-refractivity contribution in [2.24, 2.45) is 0 Å². The topological polar surface area (TPSA) is 64.2 Å². The number of aliphatic hydroxyl groups is 2. The number of benzene rings is 1. The van der Waals surface area contributed by atoms with Crippen molar-refractivity contribution in [1.82, 2.24) is 0 Å². The molecular weight excluding hydrogens is 228 g/mol. The Balaban J connectivity index is 3.25. The Kier molecular flexibility index (Phi) is 3.58. The van der Waals surface area contributed by atoms with Crippen LogP contribution in [-0.4, -0.2) is 16.3 Å². The van der Waals surface area contributed by atoms with Crippen molar-refractivity contribution in [2.45, 2.75) is 12.2 Å². The van der Waals surface area contributed by atoms with Gasteiger partial charge < -0.3 is 10.2 Å². The fraction of sp³-hybridized carbons (Fsp3) is 0.222. The molecule has 0 saturated heterocycles. The van der Waals surface area contributed by atoms with Crippen LogP contribution in [0.3, 0.4) is 0 Å². The van der Waals surface area contributed by atoms with Gasteiger partial charge in [0.1, 0.15) is 11.9 Å². The summed E-state index contributed by atoms with van der Waals surface area (Å²) in [7, 11) is 0. The number of rotatable bonds is 2. The van der Waals surface area contributed by atoms with Gasteiger partial charge in [0, 0.05) is 0 Å². The van der Waals surface area contributed by atoms with Gasteiger partial charge in [-0.25, -0.2) is 8.78 Å². The van der Waals surface area contributed by atoms with E-state index in [1.165, 1.54) is 6.07 Å². The van der Waals surface area contributed by atoms with E-state index in [0.717, 1.165) is 12.1 Å². The normalized spacial score (nSPS) is 14.4. The fourth-order valence-corrected chi connectivity index (χ4v) is 1.21. The van der Waals surface area contributed by atoms with E-state index in [2.05, 4.69) is 0 Å². The summed E-state index contributed by atoms with van der Waals surface area (Å²) < 4.78 is 26.4. The molecule has 2 unspecified atom stereocenters. The first-order chi connectivity index (χ1) is 6.99. The maximum atomic E-state index is 13.3. The summed E-state index contributed by atoms with van der Waals surface area (Å²) in [6, 6.07) is 3.08. The van der Waals surface area contributed by atoms with Crippen LogP contribution in [0.5, 0.6) is 0 Å². The molecule has 6 heteroatoms. The van der Waals surface area contributed by atoms with E-state index in [4.69, 9.17) is 22.0 Å². The van der Waals surface area contributed by atoms with E-state index in [-0.39, 0.29) is 0 Å². The number of halogens is 3. The van der Waals surface area contributed by atoms with E-state index in [1.54, 1.807) is 0 Å². The van der Waals surface area contributed by atoms with E-state index < -0.39 is 34.4 Å². The molecule has 3 nitrogen and oxygen atoms in total. The third-order valence-electron chi connectivity index (χ3n) is 1.81. The lowest BCUT2D eigenvalue weighted by Crippen LogP contribution is -2.18. The van der Waals surface area contributed by atoms with Crippen molar-refractivity contribution in [1.29, 1.82) is 5.26 Å². The lowest BCUT2D eigenvalue weighted by molar-refractivity contribution is 0.0477. The van der Waals surface area contributed by atoms with Gasteiger partial charge in [0.25, 0.3) is 0 Å². The average Bonchev–Trinajstić information content (AvgIpc) is 2.22. The van der Waals surface area contributed by atoms with E-state index in [1.807, 2.05) is 0 Å². The maximum Gasteiger partial charge on any atom is 0.170 e. The zero-order chi connectivity index (χ0) is 11.6. The second-order valence-electron chi connectivity index (χ2n) is 2.78. The molecule has 0 spiro atoms. The van der Waals surface area contributed by atoms with Gasteiger partial charge in [-0.1, -0.05) is 11.6 Å². The van der Waals surface area contributed by atoms with E-state index in [9.17, 15) is 13.9 Å². The molecule has 1 rings (SSSR count). The largest absolute Gasteiger partial charge is 0.384 e. The lowest BCUT2D eigenvalue weighted by Gasteiger charge is -2.14. The summed E-state index contributed by atoms with van der Waals surface area (Å²) >= 11 is 5.36. The molecule has 0 fully saturated rings. The van der Waals surface area contributed by atoms with Gasteiger partial charge in [-0.15, -0.1) is 0 Å². The first-order valence-electron chi connectivity index (χ1n) is 3.88. The van der Waals surface area contributed by atoms with Crippen LogP contribution >= 0.6 is 11.6 Å². The molecular formula is C9H6ClF2NO2. The molecule has 0 amide bonds. The number of hydrogen-bond donors (Lipinski definition) is 2. The van der Waals surface area contributed by atoms with Crippen LogP contribution in [0.15, 0.2) is 12.1 Å². The molecule has 1 aromatic rings. The molecule has 0 radical (unpaired) electrons. The molecule has 0 aromatic heterocycles. The highest BCUT2D eigenvalue weighted by molar-refractivity contribution is 6.30. The Hall–Kier alpha value is -1.22. The summed E-state index contributed by atoms with van der Waals surface area (Å²) in [5, 5.41) is 26.1. The SMILES string of the molecule is N#CC(O)C(O)c1c(F)ccc(Cl)c1F. The van der Waals surface area contributed by atoms with Crippen molar-refractivity contribution >= 4 is 11.6 Å². The Labute approximate surface area is 89.1 Å². The predicted molar refractivity (Wildman–Crippen MR) is 47.9 cm³/mol. The zero-order valence-electron chi connectivity index (χ0n) is 7.28. The predicted octanol–water partition coefficient (Wildman–Crippen LogP) is 1.54. The molecule has 80 valence electrons. The van der Waals surface area contributed by atoms with Crippen molar-refractivity contribution in [3.8, 4) is 6.07 Å². The monoisotopic (exact) mass is 233 g/mol. The minimum absolute atomic E-state index is 0.393. The second kappa shape index (κ2) is 4.53. The summed E-state index contributed by atoms with van der Waals surface area (Å²) in [4.78, 5) is 0. The maximum absolute atomic E-state index is 13.3. The standard InChI is InChI=1S/C9H6ClF2NO2/c10-4-1-2-5(11)7(8(4)12)9(15)6(14)3-13/h1-2,6,9,14-15H. The third kappa shape index (κ3) is 2.23. The Morgan fingerprint density at radius 3 is 2.47 bits per heavy atom. The number of hydrogen-bond acceptors (Lipinski definition) is 3. The van der Waals surface area contributed by atoms with Crippen LogP contribution in [0.25, 0.3) is 0 Å². The highest BCUT2D eigenvalue weighted by Crippen LogP contribution is 2.27. The van der Waals surface area contributed by atoms with Crippen molar-refractivity contribution in [3.05, 3.63) is 34.4 Å². The molecule has 0 aliphatic carbocycles. The van der Waals surface area contributed by atoms with E-state index >= 15 is 0 Å². The van der Waals surface area contributed by atoms with Gasteiger partial charge in [0.2, 0.25) is 0 Å². The zero-order valence-corrected chi connectivity index (χ0v) is 8.04. The molecule has 1 aromatic carbocycles. The van der Waals surface area contributed by atoms with Crippen molar-refractivity contribution < 1.29 is 19.0 Å². The fourth-order valence-electron chi connectivity index (χ4n) is 1.04. The number of nitrogens with zero attached hydrogens (tertiary/aromatic N) is 1. The lowest BCUT2D eigenvalue weighted by atomic mass is 10.0. The summed E-state index contributed by atoms with van der Waals surface area (Å²) in [5.74, 6) is -2.25. The molecule has 2 atom stereocenters. The number of nitriles is 1. The highest BCUT2D eigenvalue weighted by atomic mass is 35.5. The third-order valence-corrected chi connectivity index (χ3v) is 2.10. The molecule has 0 aliphatic rings. The number of aliphatic hydroxyl groups excluding tert-OH is 2. The van der Waals surface area contributed by atoms with Gasteiger partial charge in [0.15, 0.2) is 11.9 Å². The molecule has 0 bridgehead atoms. The van der Waals surface area contributed by atoms with Gasteiger partial charge in [-0.05, 0) is 12.1 Å². The van der Waals surface area contributed by atoms with Gasteiger partial charge >= 0.3 is 0 Å². The average molecular weight is 234 g/mol. The van der Waals surface area contributed by atoms with E-state index in [0.29, 0.717) is 0 Å². The van der Waals surface area contributed by atoms with Crippen LogP contribution in [0.2, 0.25) is 5.02 Å². The van der Waals surface area contributed by atoms with Gasteiger partial charge in [-0.3, -0.25) is 0 Å². The summed E-state index contributed by atoms with van der Waals surface area (Å²) in [5.41, 5.74) is -0.809. The van der Waals surface area contributed by atoms with Crippen LogP contribution in [0.1, 0.15) is 11.7 Å². The second-order valence-corrected chi connectivity index (χ2v) is 3.18. The van der Waals surface area contributed by atoms with Crippen LogP contribution in [0, 0.1) is 23.0 Å². The first-order valence-corrected chi connectivity index (χ1v) is 4.26. The highest BCUT2D eigenvalue weighted by Gasteiger charge is 2.26. The minimum atomic E-state index is -1.96. The molecule has 15 heavy (non-hydrogen) atoms. The molecule has 2 N–H and O–H groups in total. The van der Waals surface area contributed by atoms with Gasteiger partial charge in [-0.2, -0.15) is 5.26 Å². The van der Waals surface area contributed by atoms with Crippen LogP contribution in [-0.2, 0) is 0 Å². The van der Waals surface area contributed by atoms with Crippen molar-refractivity contribution in [3.63, 3.8) is 0 Å². The Bertz CT molecular complexity index is 419. The Morgan fingerprint density at radius 1 is 1.33 bits per heavy atom. The van der Waals surface area contributed by atoms with Gasteiger partial charge in [0.05, 0.1) is 16.7 Å². The summed E-state index contributed by atoms with van der Waals surface area (Å²) in [6.45, 7) is 0.